The van der Waals surface area contributed by atoms with E-state index >= 15 is 0 Å². The van der Waals surface area contributed by atoms with E-state index in [0.29, 0.717) is 11.4 Å². The van der Waals surface area contributed by atoms with Crippen LogP contribution in [0.1, 0.15) is 42.0 Å². The van der Waals surface area contributed by atoms with Crippen LogP contribution in [0.2, 0.25) is 5.02 Å². The standard InChI is InChI=1S/C17H20ClNO/c1-3-11-19-14(4-2)9-10-16(19)17(20)12-13-7-5-6-8-15(13)18/h5-10H,3-4,11-12H2,1-2H3. The lowest BCUT2D eigenvalue weighted by Crippen LogP contribution is -2.13. The van der Waals surface area contributed by atoms with Crippen molar-refractivity contribution in [2.75, 3.05) is 0 Å². The number of rotatable bonds is 6. The van der Waals surface area contributed by atoms with Gasteiger partial charge in [0, 0.05) is 23.7 Å². The number of halogens is 1. The van der Waals surface area contributed by atoms with Crippen LogP contribution in [0, 0.1) is 0 Å². The van der Waals surface area contributed by atoms with Gasteiger partial charge in [0.15, 0.2) is 5.78 Å². The van der Waals surface area contributed by atoms with E-state index in [-0.39, 0.29) is 5.78 Å². The van der Waals surface area contributed by atoms with Crippen molar-refractivity contribution in [3.8, 4) is 0 Å². The first kappa shape index (κ1) is 14.9. The van der Waals surface area contributed by atoms with Crippen molar-refractivity contribution < 1.29 is 4.79 Å². The first-order valence-electron chi connectivity index (χ1n) is 7.12. The summed E-state index contributed by atoms with van der Waals surface area (Å²) < 4.78 is 2.14. The Morgan fingerprint density at radius 3 is 2.55 bits per heavy atom. The van der Waals surface area contributed by atoms with Gasteiger partial charge >= 0.3 is 0 Å². The summed E-state index contributed by atoms with van der Waals surface area (Å²) in [5.74, 6) is 0.131. The largest absolute Gasteiger partial charge is 0.342 e. The van der Waals surface area contributed by atoms with E-state index in [1.165, 1.54) is 5.69 Å². The lowest BCUT2D eigenvalue weighted by atomic mass is 10.1. The van der Waals surface area contributed by atoms with Crippen molar-refractivity contribution in [2.24, 2.45) is 0 Å². The normalized spacial score (nSPS) is 10.8. The first-order chi connectivity index (χ1) is 9.67. The molecule has 0 saturated carbocycles. The van der Waals surface area contributed by atoms with Crippen LogP contribution < -0.4 is 0 Å². The number of aryl methyl sites for hydroxylation is 1. The molecule has 2 nitrogen and oxygen atoms in total. The van der Waals surface area contributed by atoms with E-state index < -0.39 is 0 Å². The number of ketones is 1. The smallest absolute Gasteiger partial charge is 0.183 e. The molecular formula is C17H20ClNO. The van der Waals surface area contributed by atoms with Gasteiger partial charge in [-0.05, 0) is 36.6 Å². The Balaban J connectivity index is 2.25. The topological polar surface area (TPSA) is 22.0 Å². The monoisotopic (exact) mass is 289 g/mol. The zero-order chi connectivity index (χ0) is 14.5. The molecule has 1 aromatic heterocycles. The number of nitrogens with zero attached hydrogens (tertiary/aromatic N) is 1. The Hall–Kier alpha value is -1.54. The van der Waals surface area contributed by atoms with Gasteiger partial charge in [0.2, 0.25) is 0 Å². The quantitative estimate of drug-likeness (QED) is 0.716. The minimum atomic E-state index is 0.131. The van der Waals surface area contributed by atoms with Crippen LogP contribution in [0.25, 0.3) is 0 Å². The third kappa shape index (κ3) is 3.13. The Bertz CT molecular complexity index is 601. The van der Waals surface area contributed by atoms with Crippen molar-refractivity contribution in [2.45, 2.75) is 39.7 Å². The fraction of sp³-hybridized carbons (Fsp3) is 0.353. The number of carbonyl (C=O) groups excluding carboxylic acids is 1. The summed E-state index contributed by atoms with van der Waals surface area (Å²) in [7, 11) is 0. The van der Waals surface area contributed by atoms with Gasteiger partial charge in [0.25, 0.3) is 0 Å². The Morgan fingerprint density at radius 1 is 1.15 bits per heavy atom. The molecule has 0 spiro atoms. The van der Waals surface area contributed by atoms with E-state index in [2.05, 4.69) is 24.5 Å². The van der Waals surface area contributed by atoms with Gasteiger partial charge in [-0.2, -0.15) is 0 Å². The van der Waals surface area contributed by atoms with E-state index in [4.69, 9.17) is 11.6 Å². The van der Waals surface area contributed by atoms with E-state index in [9.17, 15) is 4.79 Å². The molecule has 2 aromatic rings. The molecule has 2 rings (SSSR count). The average molecular weight is 290 g/mol. The molecular weight excluding hydrogens is 270 g/mol. The van der Waals surface area contributed by atoms with Crippen LogP contribution in [-0.4, -0.2) is 10.4 Å². The molecule has 0 saturated heterocycles. The molecule has 0 aliphatic heterocycles. The average Bonchev–Trinajstić information content (AvgIpc) is 2.85. The van der Waals surface area contributed by atoms with Crippen molar-refractivity contribution >= 4 is 17.4 Å². The highest BCUT2D eigenvalue weighted by Crippen LogP contribution is 2.19. The summed E-state index contributed by atoms with van der Waals surface area (Å²) in [6, 6.07) is 11.5. The van der Waals surface area contributed by atoms with Gasteiger partial charge < -0.3 is 4.57 Å². The summed E-state index contributed by atoms with van der Waals surface area (Å²) in [5, 5.41) is 0.658. The van der Waals surface area contributed by atoms with Gasteiger partial charge in [-0.3, -0.25) is 4.79 Å². The zero-order valence-corrected chi connectivity index (χ0v) is 12.8. The molecule has 3 heteroatoms. The fourth-order valence-electron chi connectivity index (χ4n) is 2.45. The van der Waals surface area contributed by atoms with Crippen LogP contribution in [0.3, 0.4) is 0 Å². The molecule has 0 unspecified atom stereocenters. The maximum Gasteiger partial charge on any atom is 0.183 e. The van der Waals surface area contributed by atoms with Gasteiger partial charge in [-0.25, -0.2) is 0 Å². The van der Waals surface area contributed by atoms with E-state index in [1.54, 1.807) is 0 Å². The molecule has 0 fully saturated rings. The number of hydrogen-bond donors (Lipinski definition) is 0. The van der Waals surface area contributed by atoms with Gasteiger partial charge in [-0.15, -0.1) is 0 Å². The SMILES string of the molecule is CCCn1c(CC)ccc1C(=O)Cc1ccccc1Cl. The number of benzene rings is 1. The van der Waals surface area contributed by atoms with Gasteiger partial charge in [0.1, 0.15) is 0 Å². The summed E-state index contributed by atoms with van der Waals surface area (Å²) >= 11 is 6.13. The lowest BCUT2D eigenvalue weighted by Gasteiger charge is -2.11. The molecule has 106 valence electrons. The maximum absolute atomic E-state index is 12.5. The second-order valence-corrected chi connectivity index (χ2v) is 5.31. The molecule has 0 aliphatic rings. The molecule has 20 heavy (non-hydrogen) atoms. The Labute approximate surface area is 125 Å². The second-order valence-electron chi connectivity index (χ2n) is 4.91. The third-order valence-corrected chi connectivity index (χ3v) is 3.84. The third-order valence-electron chi connectivity index (χ3n) is 3.48. The lowest BCUT2D eigenvalue weighted by molar-refractivity contribution is 0.0983. The van der Waals surface area contributed by atoms with Crippen LogP contribution in [0.15, 0.2) is 36.4 Å². The summed E-state index contributed by atoms with van der Waals surface area (Å²) in [4.78, 5) is 12.5. The number of Topliss-reactive ketones (excluding diaryl/α,β-unsaturated/α-hetero) is 1. The minimum absolute atomic E-state index is 0.131. The molecule has 0 bridgehead atoms. The highest BCUT2D eigenvalue weighted by molar-refractivity contribution is 6.31. The van der Waals surface area contributed by atoms with Crippen LogP contribution in [0.4, 0.5) is 0 Å². The molecule has 0 aliphatic carbocycles. The molecule has 0 amide bonds. The second kappa shape index (κ2) is 6.76. The number of carbonyl (C=O) groups is 1. The predicted octanol–water partition coefficient (Wildman–Crippen LogP) is 4.54. The Kier molecular flexibility index (Phi) is 5.02. The van der Waals surface area contributed by atoms with Crippen LogP contribution in [-0.2, 0) is 19.4 Å². The minimum Gasteiger partial charge on any atom is -0.342 e. The van der Waals surface area contributed by atoms with E-state index in [1.807, 2.05) is 30.3 Å². The van der Waals surface area contributed by atoms with Crippen molar-refractivity contribution in [1.29, 1.82) is 0 Å². The van der Waals surface area contributed by atoms with Crippen molar-refractivity contribution in [3.05, 3.63) is 58.4 Å². The highest BCUT2D eigenvalue weighted by atomic mass is 35.5. The fourth-order valence-corrected chi connectivity index (χ4v) is 2.66. The zero-order valence-electron chi connectivity index (χ0n) is 12.0. The highest BCUT2D eigenvalue weighted by Gasteiger charge is 2.15. The molecule has 0 atom stereocenters. The molecule has 1 heterocycles. The van der Waals surface area contributed by atoms with E-state index in [0.717, 1.165) is 30.6 Å². The van der Waals surface area contributed by atoms with Crippen molar-refractivity contribution in [3.63, 3.8) is 0 Å². The van der Waals surface area contributed by atoms with Crippen LogP contribution >= 0.6 is 11.6 Å². The van der Waals surface area contributed by atoms with Gasteiger partial charge in [-0.1, -0.05) is 43.6 Å². The Morgan fingerprint density at radius 2 is 1.90 bits per heavy atom. The van der Waals surface area contributed by atoms with Crippen LogP contribution in [0.5, 0.6) is 0 Å². The molecule has 0 radical (unpaired) electrons. The van der Waals surface area contributed by atoms with Gasteiger partial charge in [0.05, 0.1) is 5.69 Å². The molecule has 0 N–H and O–H groups in total. The summed E-state index contributed by atoms with van der Waals surface area (Å²) in [6.45, 7) is 5.13. The predicted molar refractivity (Wildman–Crippen MR) is 83.6 cm³/mol. The number of aromatic nitrogens is 1. The maximum atomic E-state index is 12.5. The molecule has 1 aromatic carbocycles. The summed E-state index contributed by atoms with van der Waals surface area (Å²) in [6.07, 6.45) is 2.32. The van der Waals surface area contributed by atoms with Crippen molar-refractivity contribution in [1.82, 2.24) is 4.57 Å². The first-order valence-corrected chi connectivity index (χ1v) is 7.50. The summed E-state index contributed by atoms with van der Waals surface area (Å²) in [5.41, 5.74) is 2.90. The number of hydrogen-bond acceptors (Lipinski definition) is 1.